The number of halogens is 1. The van der Waals surface area contributed by atoms with E-state index in [1.54, 1.807) is 0 Å². The maximum absolute atomic E-state index is 11.5. The van der Waals surface area contributed by atoms with Gasteiger partial charge in [0.05, 0.1) is 13.0 Å². The molecule has 1 unspecified atom stereocenters. The molecule has 5 heteroatoms. The average Bonchev–Trinajstić information content (AvgIpc) is 2.30. The highest BCUT2D eigenvalue weighted by Gasteiger charge is 2.03. The highest BCUT2D eigenvalue weighted by atomic mass is 35.5. The Morgan fingerprint density at radius 1 is 1.39 bits per heavy atom. The Labute approximate surface area is 114 Å². The summed E-state index contributed by atoms with van der Waals surface area (Å²) in [6.07, 6.45) is 0.378. The number of hydrogen-bond acceptors (Lipinski definition) is 3. The van der Waals surface area contributed by atoms with Gasteiger partial charge < -0.3 is 15.8 Å². The van der Waals surface area contributed by atoms with E-state index in [0.29, 0.717) is 19.6 Å². The average molecular weight is 273 g/mol. The third kappa shape index (κ3) is 6.00. The van der Waals surface area contributed by atoms with Crippen LogP contribution in [-0.4, -0.2) is 19.1 Å². The van der Waals surface area contributed by atoms with Crippen LogP contribution in [-0.2, 0) is 9.53 Å². The minimum Gasteiger partial charge on any atom is -0.381 e. The molecule has 1 atom stereocenters. The van der Waals surface area contributed by atoms with Gasteiger partial charge in [-0.15, -0.1) is 12.4 Å². The van der Waals surface area contributed by atoms with E-state index in [1.165, 1.54) is 0 Å². The number of benzene rings is 1. The van der Waals surface area contributed by atoms with Gasteiger partial charge in [-0.1, -0.05) is 12.1 Å². The van der Waals surface area contributed by atoms with Crippen molar-refractivity contribution < 1.29 is 9.53 Å². The third-order valence-corrected chi connectivity index (χ3v) is 2.40. The molecular formula is C13H21ClN2O2. The van der Waals surface area contributed by atoms with Gasteiger partial charge in [0.1, 0.15) is 0 Å². The lowest BCUT2D eigenvalue weighted by Gasteiger charge is -2.08. The first kappa shape index (κ1) is 16.9. The highest BCUT2D eigenvalue weighted by Crippen LogP contribution is 2.14. The fourth-order valence-corrected chi connectivity index (χ4v) is 1.40. The molecule has 0 bridgehead atoms. The van der Waals surface area contributed by atoms with Gasteiger partial charge in [0.15, 0.2) is 0 Å². The minimum atomic E-state index is -0.0352. The molecule has 0 spiro atoms. The molecule has 1 amide bonds. The van der Waals surface area contributed by atoms with E-state index < -0.39 is 0 Å². The predicted octanol–water partition coefficient (Wildman–Crippen LogP) is 2.49. The predicted molar refractivity (Wildman–Crippen MR) is 76.0 cm³/mol. The standard InChI is InChI=1S/C13H20N2O2.ClH/c1-3-17-9-8-13(16)15-12-6-4-11(5-7-12)10(2)14;/h4-7,10H,3,8-9,14H2,1-2H3,(H,15,16);1H. The summed E-state index contributed by atoms with van der Waals surface area (Å²) in [7, 11) is 0. The first-order chi connectivity index (χ1) is 8.13. The van der Waals surface area contributed by atoms with Crippen LogP contribution >= 0.6 is 12.4 Å². The van der Waals surface area contributed by atoms with Gasteiger partial charge in [-0.05, 0) is 31.5 Å². The lowest BCUT2D eigenvalue weighted by Crippen LogP contribution is -2.14. The van der Waals surface area contributed by atoms with Crippen molar-refractivity contribution >= 4 is 24.0 Å². The van der Waals surface area contributed by atoms with Crippen LogP contribution < -0.4 is 11.1 Å². The zero-order valence-corrected chi connectivity index (χ0v) is 11.6. The van der Waals surface area contributed by atoms with Gasteiger partial charge in [0, 0.05) is 18.3 Å². The van der Waals surface area contributed by atoms with Crippen molar-refractivity contribution in [3.05, 3.63) is 29.8 Å². The second-order valence-electron chi connectivity index (χ2n) is 3.91. The summed E-state index contributed by atoms with van der Waals surface area (Å²) in [5.74, 6) is -0.0352. The summed E-state index contributed by atoms with van der Waals surface area (Å²) in [4.78, 5) is 11.5. The molecule has 102 valence electrons. The van der Waals surface area contributed by atoms with E-state index in [0.717, 1.165) is 11.3 Å². The minimum absolute atomic E-state index is 0. The normalized spacial score (nSPS) is 11.5. The first-order valence-corrected chi connectivity index (χ1v) is 5.86. The number of nitrogens with one attached hydrogen (secondary N) is 1. The second kappa shape index (κ2) is 8.91. The molecule has 0 aliphatic rings. The number of nitrogens with two attached hydrogens (primary N) is 1. The van der Waals surface area contributed by atoms with Crippen LogP contribution in [0.25, 0.3) is 0 Å². The molecular weight excluding hydrogens is 252 g/mol. The SMILES string of the molecule is CCOCCC(=O)Nc1ccc(C(C)N)cc1.Cl. The van der Waals surface area contributed by atoms with Crippen molar-refractivity contribution in [2.45, 2.75) is 26.3 Å². The molecule has 1 aromatic carbocycles. The van der Waals surface area contributed by atoms with Crippen molar-refractivity contribution in [1.29, 1.82) is 0 Å². The second-order valence-corrected chi connectivity index (χ2v) is 3.91. The molecule has 4 nitrogen and oxygen atoms in total. The molecule has 0 heterocycles. The maximum atomic E-state index is 11.5. The number of rotatable bonds is 6. The fourth-order valence-electron chi connectivity index (χ4n) is 1.40. The summed E-state index contributed by atoms with van der Waals surface area (Å²) in [6.45, 7) is 4.93. The molecule has 1 rings (SSSR count). The van der Waals surface area contributed by atoms with E-state index >= 15 is 0 Å². The van der Waals surface area contributed by atoms with E-state index in [1.807, 2.05) is 38.1 Å². The summed E-state index contributed by atoms with van der Waals surface area (Å²) < 4.78 is 5.12. The Hall–Kier alpha value is -1.10. The number of hydrogen-bond donors (Lipinski definition) is 2. The van der Waals surface area contributed by atoms with Crippen molar-refractivity contribution in [2.24, 2.45) is 5.73 Å². The van der Waals surface area contributed by atoms with Crippen LogP contribution in [0.15, 0.2) is 24.3 Å². The van der Waals surface area contributed by atoms with Crippen LogP contribution in [0.2, 0.25) is 0 Å². The Kier molecular flexibility index (Phi) is 8.37. The van der Waals surface area contributed by atoms with Gasteiger partial charge >= 0.3 is 0 Å². The number of anilines is 1. The molecule has 0 saturated heterocycles. The Morgan fingerprint density at radius 2 is 2.00 bits per heavy atom. The van der Waals surface area contributed by atoms with E-state index in [4.69, 9.17) is 10.5 Å². The number of amides is 1. The number of ether oxygens (including phenoxy) is 1. The van der Waals surface area contributed by atoms with Gasteiger partial charge in [-0.3, -0.25) is 4.79 Å². The Balaban J connectivity index is 0.00000289. The largest absolute Gasteiger partial charge is 0.381 e. The summed E-state index contributed by atoms with van der Waals surface area (Å²) in [6, 6.07) is 7.57. The molecule has 0 saturated carbocycles. The topological polar surface area (TPSA) is 64.3 Å². The van der Waals surface area contributed by atoms with Crippen LogP contribution in [0.4, 0.5) is 5.69 Å². The summed E-state index contributed by atoms with van der Waals surface area (Å²) in [5, 5.41) is 2.81. The van der Waals surface area contributed by atoms with Crippen molar-refractivity contribution in [3.63, 3.8) is 0 Å². The molecule has 0 aromatic heterocycles. The van der Waals surface area contributed by atoms with E-state index in [9.17, 15) is 4.79 Å². The molecule has 3 N–H and O–H groups in total. The molecule has 0 fully saturated rings. The van der Waals surface area contributed by atoms with Crippen LogP contribution in [0.3, 0.4) is 0 Å². The van der Waals surface area contributed by atoms with Gasteiger partial charge in [-0.2, -0.15) is 0 Å². The Bertz CT molecular complexity index is 353. The van der Waals surface area contributed by atoms with Crippen molar-refractivity contribution in [3.8, 4) is 0 Å². The van der Waals surface area contributed by atoms with Crippen LogP contribution in [0.5, 0.6) is 0 Å². The molecule has 0 radical (unpaired) electrons. The first-order valence-electron chi connectivity index (χ1n) is 5.86. The van der Waals surface area contributed by atoms with Gasteiger partial charge in [0.25, 0.3) is 0 Å². The third-order valence-electron chi connectivity index (χ3n) is 2.40. The lowest BCUT2D eigenvalue weighted by atomic mass is 10.1. The molecule has 0 aliphatic heterocycles. The van der Waals surface area contributed by atoms with E-state index in [-0.39, 0.29) is 24.4 Å². The van der Waals surface area contributed by atoms with Crippen molar-refractivity contribution in [2.75, 3.05) is 18.5 Å². The number of carbonyl (C=O) groups excluding carboxylic acids is 1. The van der Waals surface area contributed by atoms with Gasteiger partial charge in [-0.25, -0.2) is 0 Å². The Morgan fingerprint density at radius 3 is 2.50 bits per heavy atom. The molecule has 0 aliphatic carbocycles. The summed E-state index contributed by atoms with van der Waals surface area (Å²) in [5.41, 5.74) is 7.58. The zero-order chi connectivity index (χ0) is 12.7. The highest BCUT2D eigenvalue weighted by molar-refractivity contribution is 5.90. The smallest absolute Gasteiger partial charge is 0.226 e. The molecule has 1 aromatic rings. The quantitative estimate of drug-likeness (QED) is 0.782. The summed E-state index contributed by atoms with van der Waals surface area (Å²) >= 11 is 0. The lowest BCUT2D eigenvalue weighted by molar-refractivity contribution is -0.117. The molecule has 18 heavy (non-hydrogen) atoms. The van der Waals surface area contributed by atoms with E-state index in [2.05, 4.69) is 5.32 Å². The van der Waals surface area contributed by atoms with Gasteiger partial charge in [0.2, 0.25) is 5.91 Å². The maximum Gasteiger partial charge on any atom is 0.226 e. The van der Waals surface area contributed by atoms with Crippen LogP contribution in [0, 0.1) is 0 Å². The van der Waals surface area contributed by atoms with Crippen molar-refractivity contribution in [1.82, 2.24) is 0 Å². The zero-order valence-electron chi connectivity index (χ0n) is 10.8. The fraction of sp³-hybridized carbons (Fsp3) is 0.462. The number of carbonyl (C=O) groups is 1. The van der Waals surface area contributed by atoms with Crippen LogP contribution in [0.1, 0.15) is 31.9 Å². The monoisotopic (exact) mass is 272 g/mol.